The third-order valence-corrected chi connectivity index (χ3v) is 2.59. The van der Waals surface area contributed by atoms with E-state index in [1.807, 2.05) is 37.2 Å². The van der Waals surface area contributed by atoms with Gasteiger partial charge >= 0.3 is 0 Å². The number of pyridine rings is 1. The van der Waals surface area contributed by atoms with Gasteiger partial charge in [0.2, 0.25) is 0 Å². The lowest BCUT2D eigenvalue weighted by Crippen LogP contribution is -2.18. The van der Waals surface area contributed by atoms with E-state index in [9.17, 15) is 0 Å². The zero-order chi connectivity index (χ0) is 12.0. The van der Waals surface area contributed by atoms with Crippen LogP contribution in [0.2, 0.25) is 0 Å². The molecule has 16 heavy (non-hydrogen) atoms. The molecule has 1 aromatic rings. The zero-order valence-electron chi connectivity index (χ0n) is 9.85. The zero-order valence-corrected chi connectivity index (χ0v) is 9.85. The van der Waals surface area contributed by atoms with Crippen LogP contribution in [-0.2, 0) is 0 Å². The van der Waals surface area contributed by atoms with Crippen molar-refractivity contribution in [3.8, 4) is 6.07 Å². The first kappa shape index (κ1) is 12.5. The Morgan fingerprint density at radius 3 is 2.81 bits per heavy atom. The van der Waals surface area contributed by atoms with Crippen LogP contribution in [0.4, 0.5) is 5.69 Å². The van der Waals surface area contributed by atoms with E-state index in [4.69, 9.17) is 11.0 Å². The van der Waals surface area contributed by atoms with E-state index >= 15 is 0 Å². The molecule has 0 unspecified atom stereocenters. The third kappa shape index (κ3) is 3.21. The summed E-state index contributed by atoms with van der Waals surface area (Å²) in [6.45, 7) is 2.76. The molecule has 0 radical (unpaired) electrons. The Kier molecular flexibility index (Phi) is 4.74. The molecule has 4 heteroatoms. The summed E-state index contributed by atoms with van der Waals surface area (Å²) < 4.78 is 0. The van der Waals surface area contributed by atoms with Gasteiger partial charge in [0.25, 0.3) is 0 Å². The number of hydrogen-bond acceptors (Lipinski definition) is 4. The van der Waals surface area contributed by atoms with E-state index < -0.39 is 0 Å². The Balaban J connectivity index is 2.67. The summed E-state index contributed by atoms with van der Waals surface area (Å²) in [4.78, 5) is 6.34. The molecule has 2 N–H and O–H groups in total. The van der Waals surface area contributed by atoms with Crippen molar-refractivity contribution in [2.45, 2.75) is 25.8 Å². The predicted octanol–water partition coefficient (Wildman–Crippen LogP) is 1.84. The average molecular weight is 218 g/mol. The maximum atomic E-state index is 8.50. The van der Waals surface area contributed by atoms with E-state index in [1.165, 1.54) is 0 Å². The summed E-state index contributed by atoms with van der Waals surface area (Å²) in [5.41, 5.74) is 7.81. The second-order valence-electron chi connectivity index (χ2n) is 3.79. The van der Waals surface area contributed by atoms with Crippen LogP contribution < -0.4 is 10.6 Å². The molecule has 1 atom stereocenters. The Morgan fingerprint density at radius 2 is 2.31 bits per heavy atom. The molecule has 4 nitrogen and oxygen atoms in total. The largest absolute Gasteiger partial charge is 0.372 e. The van der Waals surface area contributed by atoms with Crippen molar-refractivity contribution in [2.24, 2.45) is 5.73 Å². The molecule has 0 saturated heterocycles. The van der Waals surface area contributed by atoms with Gasteiger partial charge in [-0.3, -0.25) is 4.98 Å². The number of aromatic nitrogens is 1. The highest BCUT2D eigenvalue weighted by atomic mass is 15.1. The smallest absolute Gasteiger partial charge is 0.0640 e. The first-order chi connectivity index (χ1) is 7.69. The van der Waals surface area contributed by atoms with Gasteiger partial charge in [0.05, 0.1) is 30.1 Å². The van der Waals surface area contributed by atoms with Crippen LogP contribution in [0.3, 0.4) is 0 Å². The molecule has 1 heterocycles. The number of nitrogens with two attached hydrogens (primary N) is 1. The van der Waals surface area contributed by atoms with Crippen molar-refractivity contribution in [1.29, 1.82) is 5.26 Å². The molecule has 1 aromatic heterocycles. The monoisotopic (exact) mass is 218 g/mol. The number of nitrogens with zero attached hydrogens (tertiary/aromatic N) is 3. The molecule has 0 aliphatic rings. The van der Waals surface area contributed by atoms with Gasteiger partial charge < -0.3 is 10.6 Å². The minimum absolute atomic E-state index is 0.0125. The van der Waals surface area contributed by atoms with E-state index in [0.29, 0.717) is 6.42 Å². The van der Waals surface area contributed by atoms with Crippen molar-refractivity contribution < 1.29 is 0 Å². The molecule has 0 aliphatic carbocycles. The van der Waals surface area contributed by atoms with Crippen LogP contribution in [0.1, 0.15) is 31.5 Å². The minimum Gasteiger partial charge on any atom is -0.372 e. The number of hydrogen-bond donors (Lipinski definition) is 1. The highest BCUT2D eigenvalue weighted by Gasteiger charge is 2.06. The van der Waals surface area contributed by atoms with E-state index in [2.05, 4.69) is 11.1 Å². The molecule has 1 rings (SSSR count). The first-order valence-corrected chi connectivity index (χ1v) is 5.48. The van der Waals surface area contributed by atoms with Crippen LogP contribution in [0.25, 0.3) is 0 Å². The average Bonchev–Trinajstić information content (AvgIpc) is 2.35. The summed E-state index contributed by atoms with van der Waals surface area (Å²) in [5.74, 6) is 0. The van der Waals surface area contributed by atoms with Gasteiger partial charge in [0.1, 0.15) is 0 Å². The Labute approximate surface area is 96.7 Å². The highest BCUT2D eigenvalue weighted by Crippen LogP contribution is 2.16. The van der Waals surface area contributed by atoms with Gasteiger partial charge in [-0.25, -0.2) is 0 Å². The fourth-order valence-electron chi connectivity index (χ4n) is 1.40. The highest BCUT2D eigenvalue weighted by molar-refractivity contribution is 5.43. The maximum Gasteiger partial charge on any atom is 0.0640 e. The Bertz CT molecular complexity index is 352. The third-order valence-electron chi connectivity index (χ3n) is 2.59. The van der Waals surface area contributed by atoms with E-state index in [0.717, 1.165) is 24.3 Å². The number of rotatable bonds is 5. The van der Waals surface area contributed by atoms with Gasteiger partial charge in [-0.2, -0.15) is 5.26 Å². The molecule has 86 valence electrons. The van der Waals surface area contributed by atoms with E-state index in [-0.39, 0.29) is 6.04 Å². The quantitative estimate of drug-likeness (QED) is 0.819. The summed E-state index contributed by atoms with van der Waals surface area (Å²) in [7, 11) is 1.95. The molecular weight excluding hydrogens is 200 g/mol. The van der Waals surface area contributed by atoms with Crippen molar-refractivity contribution in [3.63, 3.8) is 0 Å². The normalized spacial score (nSPS) is 11.9. The van der Waals surface area contributed by atoms with Crippen LogP contribution in [0.15, 0.2) is 18.3 Å². The van der Waals surface area contributed by atoms with Gasteiger partial charge in [0.15, 0.2) is 0 Å². The lowest BCUT2D eigenvalue weighted by molar-refractivity contribution is 0.675. The maximum absolute atomic E-state index is 8.50. The molecular formula is C12H18N4. The summed E-state index contributed by atoms with van der Waals surface area (Å²) in [6, 6.07) is 6.08. The lowest BCUT2D eigenvalue weighted by Gasteiger charge is -2.18. The summed E-state index contributed by atoms with van der Waals surface area (Å²) in [5, 5.41) is 8.50. The standard InChI is InChI=1S/C12H18N4/c1-3-11(14)12-6-5-10(9-15-12)16(2)8-4-7-13/h5-6,9,11H,3-4,8,14H2,1-2H3/t11-/m0/s1. The summed E-state index contributed by atoms with van der Waals surface area (Å²) >= 11 is 0. The predicted molar refractivity (Wildman–Crippen MR) is 65.0 cm³/mol. The second-order valence-corrected chi connectivity index (χ2v) is 3.79. The number of anilines is 1. The first-order valence-electron chi connectivity index (χ1n) is 5.48. The Hall–Kier alpha value is -1.60. The number of nitriles is 1. The molecule has 0 aromatic carbocycles. The van der Waals surface area contributed by atoms with Gasteiger partial charge in [-0.15, -0.1) is 0 Å². The van der Waals surface area contributed by atoms with Gasteiger partial charge in [-0.1, -0.05) is 6.92 Å². The van der Waals surface area contributed by atoms with Crippen LogP contribution in [0.5, 0.6) is 0 Å². The van der Waals surface area contributed by atoms with Crippen molar-refractivity contribution >= 4 is 5.69 Å². The molecule has 0 amide bonds. The van der Waals surface area contributed by atoms with Crippen molar-refractivity contribution in [3.05, 3.63) is 24.0 Å². The van der Waals surface area contributed by atoms with Crippen molar-refractivity contribution in [1.82, 2.24) is 4.98 Å². The molecule has 0 aliphatic heterocycles. The molecule has 0 fully saturated rings. The minimum atomic E-state index is 0.0125. The fraction of sp³-hybridized carbons (Fsp3) is 0.500. The van der Waals surface area contributed by atoms with Gasteiger partial charge in [-0.05, 0) is 18.6 Å². The molecule has 0 spiro atoms. The molecule has 0 bridgehead atoms. The summed E-state index contributed by atoms with van der Waals surface area (Å²) in [6.07, 6.45) is 3.21. The van der Waals surface area contributed by atoms with Gasteiger partial charge in [0, 0.05) is 19.6 Å². The van der Waals surface area contributed by atoms with Crippen LogP contribution >= 0.6 is 0 Å². The fourth-order valence-corrected chi connectivity index (χ4v) is 1.40. The SMILES string of the molecule is CC[C@H](N)c1ccc(N(C)CCC#N)cn1. The second kappa shape index (κ2) is 6.09. The van der Waals surface area contributed by atoms with Crippen LogP contribution in [-0.4, -0.2) is 18.6 Å². The van der Waals surface area contributed by atoms with E-state index in [1.54, 1.807) is 0 Å². The molecule has 0 saturated carbocycles. The van der Waals surface area contributed by atoms with Crippen LogP contribution in [0, 0.1) is 11.3 Å². The van der Waals surface area contributed by atoms with Crippen molar-refractivity contribution in [2.75, 3.05) is 18.5 Å². The Morgan fingerprint density at radius 1 is 1.56 bits per heavy atom. The topological polar surface area (TPSA) is 65.9 Å². The lowest BCUT2D eigenvalue weighted by atomic mass is 10.1.